The standard InChI is InChI=1S/C14H17F2NO2/c1-17(13(19)14(9-18)5-6-14)7-4-10-2-3-11(15)8-12(10)16/h2-3,8,18H,4-7,9H2,1H3. The maximum absolute atomic E-state index is 13.4. The Bertz CT molecular complexity index is 486. The molecule has 5 heteroatoms. The second-order valence-corrected chi connectivity index (χ2v) is 5.15. The van der Waals surface area contributed by atoms with Gasteiger partial charge in [-0.3, -0.25) is 4.79 Å². The minimum Gasteiger partial charge on any atom is -0.395 e. The van der Waals surface area contributed by atoms with Gasteiger partial charge in [0.05, 0.1) is 12.0 Å². The van der Waals surface area contributed by atoms with Crippen LogP contribution in [0.4, 0.5) is 8.78 Å². The average Bonchev–Trinajstić information content (AvgIpc) is 3.17. The number of aliphatic hydroxyl groups excluding tert-OH is 1. The molecule has 19 heavy (non-hydrogen) atoms. The molecule has 1 aliphatic rings. The molecular weight excluding hydrogens is 252 g/mol. The fourth-order valence-corrected chi connectivity index (χ4v) is 2.11. The van der Waals surface area contributed by atoms with Crippen LogP contribution in [0.25, 0.3) is 0 Å². The summed E-state index contributed by atoms with van der Waals surface area (Å²) in [5, 5.41) is 9.19. The van der Waals surface area contributed by atoms with Crippen molar-refractivity contribution in [2.24, 2.45) is 5.41 Å². The third kappa shape index (κ3) is 2.92. The van der Waals surface area contributed by atoms with Crippen molar-refractivity contribution in [3.63, 3.8) is 0 Å². The molecule has 0 bridgehead atoms. The zero-order valence-corrected chi connectivity index (χ0v) is 10.8. The second kappa shape index (κ2) is 5.25. The molecule has 104 valence electrons. The van der Waals surface area contributed by atoms with Gasteiger partial charge in [-0.1, -0.05) is 6.07 Å². The van der Waals surface area contributed by atoms with Crippen molar-refractivity contribution < 1.29 is 18.7 Å². The van der Waals surface area contributed by atoms with Crippen LogP contribution in [-0.2, 0) is 11.2 Å². The predicted molar refractivity (Wildman–Crippen MR) is 66.5 cm³/mol. The highest BCUT2D eigenvalue weighted by atomic mass is 19.1. The Morgan fingerprint density at radius 2 is 2.11 bits per heavy atom. The van der Waals surface area contributed by atoms with Gasteiger partial charge in [-0.15, -0.1) is 0 Å². The van der Waals surface area contributed by atoms with E-state index in [0.29, 0.717) is 31.4 Å². The van der Waals surface area contributed by atoms with Crippen LogP contribution >= 0.6 is 0 Å². The zero-order valence-electron chi connectivity index (χ0n) is 10.8. The van der Waals surface area contributed by atoms with Gasteiger partial charge < -0.3 is 10.0 Å². The van der Waals surface area contributed by atoms with Gasteiger partial charge >= 0.3 is 0 Å². The number of aliphatic hydroxyl groups is 1. The first-order valence-corrected chi connectivity index (χ1v) is 6.29. The van der Waals surface area contributed by atoms with Crippen LogP contribution in [0.1, 0.15) is 18.4 Å². The molecule has 1 amide bonds. The summed E-state index contributed by atoms with van der Waals surface area (Å²) >= 11 is 0. The highest BCUT2D eigenvalue weighted by Gasteiger charge is 2.50. The lowest BCUT2D eigenvalue weighted by molar-refractivity contribution is -0.137. The van der Waals surface area contributed by atoms with Gasteiger partial charge in [0.2, 0.25) is 5.91 Å². The van der Waals surface area contributed by atoms with E-state index < -0.39 is 17.0 Å². The molecule has 1 N–H and O–H groups in total. The van der Waals surface area contributed by atoms with Crippen molar-refractivity contribution in [2.75, 3.05) is 20.2 Å². The maximum Gasteiger partial charge on any atom is 0.230 e. The van der Waals surface area contributed by atoms with Crippen LogP contribution < -0.4 is 0 Å². The quantitative estimate of drug-likeness (QED) is 0.884. The zero-order chi connectivity index (χ0) is 14.0. The van der Waals surface area contributed by atoms with Gasteiger partial charge in [-0.25, -0.2) is 8.78 Å². The van der Waals surface area contributed by atoms with Crippen LogP contribution in [0.15, 0.2) is 18.2 Å². The number of carbonyl (C=O) groups excluding carboxylic acids is 1. The van der Waals surface area contributed by atoms with Gasteiger partial charge in [-0.05, 0) is 30.9 Å². The molecule has 0 unspecified atom stereocenters. The van der Waals surface area contributed by atoms with E-state index in [9.17, 15) is 18.7 Å². The lowest BCUT2D eigenvalue weighted by atomic mass is 10.1. The van der Waals surface area contributed by atoms with Crippen LogP contribution in [0, 0.1) is 17.0 Å². The average molecular weight is 269 g/mol. The van der Waals surface area contributed by atoms with Gasteiger partial charge in [0.1, 0.15) is 11.6 Å². The minimum absolute atomic E-state index is 0.0995. The van der Waals surface area contributed by atoms with E-state index in [1.54, 1.807) is 7.05 Å². The number of halogens is 2. The summed E-state index contributed by atoms with van der Waals surface area (Å²) in [5.41, 5.74) is -0.217. The molecule has 0 radical (unpaired) electrons. The van der Waals surface area contributed by atoms with Crippen LogP contribution in [0.5, 0.6) is 0 Å². The van der Waals surface area contributed by atoms with Gasteiger partial charge in [0, 0.05) is 19.7 Å². The number of carbonyl (C=O) groups is 1. The molecular formula is C14H17F2NO2. The molecule has 1 fully saturated rings. The molecule has 1 aromatic rings. The number of rotatable bonds is 5. The SMILES string of the molecule is CN(CCc1ccc(F)cc1F)C(=O)C1(CO)CC1. The van der Waals surface area contributed by atoms with Crippen molar-refractivity contribution in [1.82, 2.24) is 4.90 Å². The van der Waals surface area contributed by atoms with Crippen molar-refractivity contribution in [1.29, 1.82) is 0 Å². The van der Waals surface area contributed by atoms with E-state index in [4.69, 9.17) is 0 Å². The third-order valence-corrected chi connectivity index (χ3v) is 3.69. The summed E-state index contributed by atoms with van der Waals surface area (Å²) in [5.74, 6) is -1.30. The molecule has 0 aromatic heterocycles. The topological polar surface area (TPSA) is 40.5 Å². The molecule has 0 atom stereocenters. The number of nitrogens with zero attached hydrogens (tertiary/aromatic N) is 1. The largest absolute Gasteiger partial charge is 0.395 e. The summed E-state index contributed by atoms with van der Waals surface area (Å²) in [6, 6.07) is 3.44. The first-order valence-electron chi connectivity index (χ1n) is 6.29. The smallest absolute Gasteiger partial charge is 0.230 e. The van der Waals surface area contributed by atoms with Crippen molar-refractivity contribution in [2.45, 2.75) is 19.3 Å². The second-order valence-electron chi connectivity index (χ2n) is 5.15. The molecule has 0 saturated heterocycles. The molecule has 0 aliphatic heterocycles. The Balaban J connectivity index is 1.93. The lowest BCUT2D eigenvalue weighted by Gasteiger charge is -2.22. The molecule has 0 spiro atoms. The van der Waals surface area contributed by atoms with Crippen LogP contribution in [0.2, 0.25) is 0 Å². The van der Waals surface area contributed by atoms with Crippen LogP contribution in [-0.4, -0.2) is 36.1 Å². The van der Waals surface area contributed by atoms with Gasteiger partial charge in [0.15, 0.2) is 0 Å². The highest BCUT2D eigenvalue weighted by molar-refractivity contribution is 5.85. The molecule has 1 aromatic carbocycles. The minimum atomic E-state index is -0.608. The van der Waals surface area contributed by atoms with Gasteiger partial charge in [0.25, 0.3) is 0 Å². The number of likely N-dealkylation sites (N-methyl/N-ethyl adjacent to an activating group) is 1. The van der Waals surface area contributed by atoms with Crippen LogP contribution in [0.3, 0.4) is 0 Å². The summed E-state index contributed by atoms with van der Waals surface area (Å²) in [6.45, 7) is 0.213. The number of amides is 1. The van der Waals surface area contributed by atoms with Crippen molar-refractivity contribution in [3.05, 3.63) is 35.4 Å². The number of hydrogen-bond donors (Lipinski definition) is 1. The van der Waals surface area contributed by atoms with Crippen molar-refractivity contribution in [3.8, 4) is 0 Å². The van der Waals surface area contributed by atoms with Gasteiger partial charge in [-0.2, -0.15) is 0 Å². The van der Waals surface area contributed by atoms with Crippen molar-refractivity contribution >= 4 is 5.91 Å². The Morgan fingerprint density at radius 3 is 2.63 bits per heavy atom. The highest BCUT2D eigenvalue weighted by Crippen LogP contribution is 2.46. The maximum atomic E-state index is 13.4. The van der Waals surface area contributed by atoms with E-state index in [-0.39, 0.29) is 12.5 Å². The monoisotopic (exact) mass is 269 g/mol. The summed E-state index contributed by atoms with van der Waals surface area (Å²) in [4.78, 5) is 13.5. The summed E-state index contributed by atoms with van der Waals surface area (Å²) in [7, 11) is 1.64. The van der Waals surface area contributed by atoms with E-state index in [2.05, 4.69) is 0 Å². The molecule has 3 nitrogen and oxygen atoms in total. The first-order chi connectivity index (χ1) is 8.98. The Morgan fingerprint density at radius 1 is 1.42 bits per heavy atom. The molecule has 1 saturated carbocycles. The molecule has 2 rings (SSSR count). The Kier molecular flexibility index (Phi) is 3.85. The fourth-order valence-electron chi connectivity index (χ4n) is 2.11. The van der Waals surface area contributed by atoms with E-state index in [0.717, 1.165) is 6.07 Å². The Hall–Kier alpha value is -1.49. The van der Waals surface area contributed by atoms with E-state index >= 15 is 0 Å². The third-order valence-electron chi connectivity index (χ3n) is 3.69. The molecule has 1 aliphatic carbocycles. The Labute approximate surface area is 110 Å². The number of benzene rings is 1. The normalized spacial score (nSPS) is 16.2. The summed E-state index contributed by atoms with van der Waals surface area (Å²) < 4.78 is 26.2. The van der Waals surface area contributed by atoms with E-state index in [1.807, 2.05) is 0 Å². The first kappa shape index (κ1) is 13.9. The van der Waals surface area contributed by atoms with E-state index in [1.165, 1.54) is 17.0 Å². The predicted octanol–water partition coefficient (Wildman–Crippen LogP) is 1.74. The molecule has 0 heterocycles. The lowest BCUT2D eigenvalue weighted by Crippen LogP contribution is -2.37. The summed E-state index contributed by atoms with van der Waals surface area (Å²) in [6.07, 6.45) is 1.74. The fraction of sp³-hybridized carbons (Fsp3) is 0.500. The number of hydrogen-bond acceptors (Lipinski definition) is 2.